The third kappa shape index (κ3) is 5.84. The Morgan fingerprint density at radius 1 is 1.50 bits per heavy atom. The van der Waals surface area contributed by atoms with Gasteiger partial charge in [0.1, 0.15) is 17.3 Å². The highest BCUT2D eigenvalue weighted by Crippen LogP contribution is 2.50. The smallest absolute Gasteiger partial charge is 0.475 e. The zero-order valence-corrected chi connectivity index (χ0v) is 21.6. The zero-order chi connectivity index (χ0) is 27.0. The molecule has 14 nitrogen and oxygen atoms in total. The highest BCUT2D eigenvalue weighted by molar-refractivity contribution is 8.01. The van der Waals surface area contributed by atoms with Crippen LogP contribution in [-0.4, -0.2) is 110 Å². The highest BCUT2D eigenvalue weighted by Gasteiger charge is 2.63. The maximum Gasteiger partial charge on any atom is 0.475 e. The molecule has 3 N–H and O–H groups in total. The molecule has 2 aliphatic heterocycles. The van der Waals surface area contributed by atoms with Crippen LogP contribution < -0.4 is 0 Å². The summed E-state index contributed by atoms with van der Waals surface area (Å²) in [6, 6.07) is -1.83. The van der Waals surface area contributed by atoms with Crippen molar-refractivity contribution in [2.45, 2.75) is 34.9 Å². The Balaban J connectivity index is 2.01. The molecule has 1 saturated heterocycles. The fraction of sp³-hybridized carbons (Fsp3) is 0.600. The number of aromatic nitrogens is 4. The van der Waals surface area contributed by atoms with E-state index in [-0.39, 0.29) is 27.4 Å². The predicted octanol–water partition coefficient (Wildman–Crippen LogP) is 0.189. The summed E-state index contributed by atoms with van der Waals surface area (Å²) in [5.41, 5.74) is -0.653. The van der Waals surface area contributed by atoms with Gasteiger partial charge in [0.05, 0.1) is 24.1 Å². The first-order valence-electron chi connectivity index (χ1n) is 9.71. The van der Waals surface area contributed by atoms with E-state index in [9.17, 15) is 46.7 Å². The number of thioether (sulfide) groups is 2. The summed E-state index contributed by atoms with van der Waals surface area (Å²) < 4.78 is 68.4. The Kier molecular flexibility index (Phi) is 8.69. The number of aliphatic carboxylic acids is 1. The first kappa shape index (κ1) is 28.7. The second-order valence-electron chi connectivity index (χ2n) is 7.14. The number of carboxylic acids is 1. The molecule has 1 aromatic heterocycles. The molecular formula is C15H18F3N6O8PS3. The van der Waals surface area contributed by atoms with Crippen LogP contribution in [0.1, 0.15) is 6.92 Å². The van der Waals surface area contributed by atoms with Gasteiger partial charge in [0.15, 0.2) is 6.04 Å². The third-order valence-corrected chi connectivity index (χ3v) is 9.94. The number of hydrogen-bond acceptors (Lipinski definition) is 11. The van der Waals surface area contributed by atoms with Crippen LogP contribution in [0.5, 0.6) is 0 Å². The molecule has 1 fully saturated rings. The van der Waals surface area contributed by atoms with Crippen molar-refractivity contribution in [2.75, 3.05) is 24.8 Å². The van der Waals surface area contributed by atoms with E-state index in [1.807, 2.05) is 0 Å². The Morgan fingerprint density at radius 3 is 2.67 bits per heavy atom. The molecule has 0 radical (unpaired) electrons. The Labute approximate surface area is 212 Å². The summed E-state index contributed by atoms with van der Waals surface area (Å²) in [6.07, 6.45) is -5.24. The van der Waals surface area contributed by atoms with Crippen molar-refractivity contribution in [3.63, 3.8) is 0 Å². The number of halogens is 3. The van der Waals surface area contributed by atoms with E-state index in [1.165, 1.54) is 6.92 Å². The van der Waals surface area contributed by atoms with Crippen molar-refractivity contribution >= 4 is 60.3 Å². The van der Waals surface area contributed by atoms with Gasteiger partial charge in [0.25, 0.3) is 5.91 Å². The predicted molar refractivity (Wildman–Crippen MR) is 119 cm³/mol. The van der Waals surface area contributed by atoms with Crippen LogP contribution >= 0.6 is 31.1 Å². The molecule has 3 rings (SSSR count). The Morgan fingerprint density at radius 2 is 2.17 bits per heavy atom. The van der Waals surface area contributed by atoms with E-state index in [2.05, 4.69) is 20.6 Å². The van der Waals surface area contributed by atoms with Crippen LogP contribution in [-0.2, 0) is 34.8 Å². The number of nitrogens with zero attached hydrogens (tertiary/aromatic N) is 5. The highest BCUT2D eigenvalue weighted by atomic mass is 32.2. The molecule has 0 aromatic carbocycles. The number of alkyl halides is 3. The number of fused-ring (bicyclic) bond motifs is 1. The number of hydrogen-bond donors (Lipinski definition) is 3. The summed E-state index contributed by atoms with van der Waals surface area (Å²) in [7, 11) is -4.26. The van der Waals surface area contributed by atoms with Gasteiger partial charge in [-0.3, -0.25) is 19.1 Å². The molecule has 2 amide bonds. The van der Waals surface area contributed by atoms with Gasteiger partial charge in [0, 0.05) is 11.0 Å². The monoisotopic (exact) mass is 594 g/mol. The van der Waals surface area contributed by atoms with Gasteiger partial charge in [0.2, 0.25) is 5.16 Å². The lowest BCUT2D eigenvalue weighted by Crippen LogP contribution is -2.73. The number of H-pyrrole nitrogens is 1. The first-order chi connectivity index (χ1) is 16.7. The van der Waals surface area contributed by atoms with Crippen molar-refractivity contribution in [3.8, 4) is 0 Å². The maximum absolute atomic E-state index is 13.1. The SMILES string of the molecule is CCOP(=O)(O)CC(Sc1nnn[nH]1)C1=C(C(=O)O)N2C(=O)[C@@H](N(C(=O)C(F)(F)F)[S+](C)[O-])[C@@H]2SC1. The molecule has 0 bridgehead atoms. The lowest BCUT2D eigenvalue weighted by atomic mass is 10.0. The van der Waals surface area contributed by atoms with Gasteiger partial charge in [-0.05, 0) is 22.9 Å². The summed E-state index contributed by atoms with van der Waals surface area (Å²) >= 11 is -0.954. The Hall–Kier alpha value is -1.83. The van der Waals surface area contributed by atoms with Gasteiger partial charge in [-0.25, -0.2) is 9.89 Å². The van der Waals surface area contributed by atoms with Gasteiger partial charge in [-0.2, -0.15) is 13.2 Å². The number of aromatic amines is 1. The van der Waals surface area contributed by atoms with Crippen LogP contribution in [0.4, 0.5) is 13.2 Å². The summed E-state index contributed by atoms with van der Waals surface area (Å²) in [4.78, 5) is 47.8. The molecule has 0 aliphatic carbocycles. The van der Waals surface area contributed by atoms with Crippen molar-refractivity contribution in [1.29, 1.82) is 0 Å². The fourth-order valence-electron chi connectivity index (χ4n) is 3.50. The van der Waals surface area contributed by atoms with Gasteiger partial charge >= 0.3 is 25.6 Å². The third-order valence-electron chi connectivity index (χ3n) is 4.84. The van der Waals surface area contributed by atoms with Crippen molar-refractivity contribution in [1.82, 2.24) is 29.8 Å². The molecule has 1 aromatic rings. The fourth-order valence-corrected chi connectivity index (χ4v) is 8.81. The van der Waals surface area contributed by atoms with Crippen molar-refractivity contribution in [3.05, 3.63) is 11.3 Å². The van der Waals surface area contributed by atoms with Gasteiger partial charge in [-0.1, -0.05) is 11.8 Å². The average molecular weight is 595 g/mol. The first-order valence-corrected chi connectivity index (χ1v) is 14.9. The van der Waals surface area contributed by atoms with E-state index in [0.29, 0.717) is 4.90 Å². The molecule has 3 unspecified atom stereocenters. The molecule has 0 spiro atoms. The molecule has 200 valence electrons. The summed E-state index contributed by atoms with van der Waals surface area (Å²) in [5.74, 6) is -5.56. The molecule has 5 atom stereocenters. The van der Waals surface area contributed by atoms with Gasteiger partial charge in [-0.15, -0.1) is 21.2 Å². The lowest BCUT2D eigenvalue weighted by Gasteiger charge is -2.51. The minimum absolute atomic E-state index is 0.0164. The zero-order valence-electron chi connectivity index (χ0n) is 18.2. The molecule has 2 aliphatic rings. The second-order valence-corrected chi connectivity index (χ2v) is 12.6. The Bertz CT molecular complexity index is 1110. The summed E-state index contributed by atoms with van der Waals surface area (Å²) in [5, 5.41) is 20.4. The van der Waals surface area contributed by atoms with E-state index in [0.717, 1.165) is 29.8 Å². The lowest BCUT2D eigenvalue weighted by molar-refractivity contribution is -0.186. The van der Waals surface area contributed by atoms with Crippen molar-refractivity contribution < 1.29 is 51.2 Å². The average Bonchev–Trinajstić information content (AvgIpc) is 3.27. The van der Waals surface area contributed by atoms with Crippen LogP contribution in [0.25, 0.3) is 0 Å². The van der Waals surface area contributed by atoms with Crippen LogP contribution in [0.15, 0.2) is 16.4 Å². The molecular weight excluding hydrogens is 576 g/mol. The number of nitrogens with one attached hydrogen (secondary N) is 1. The molecule has 0 saturated carbocycles. The molecule has 3 heterocycles. The number of carbonyl (C=O) groups is 3. The van der Waals surface area contributed by atoms with Crippen LogP contribution in [0.2, 0.25) is 0 Å². The van der Waals surface area contributed by atoms with E-state index < -0.39 is 71.4 Å². The number of carbonyl (C=O) groups excluding carboxylic acids is 2. The number of β-lactam (4-membered cyclic amide) rings is 1. The number of rotatable bonds is 10. The molecule has 36 heavy (non-hydrogen) atoms. The van der Waals surface area contributed by atoms with E-state index >= 15 is 0 Å². The van der Waals surface area contributed by atoms with Crippen LogP contribution in [0.3, 0.4) is 0 Å². The summed E-state index contributed by atoms with van der Waals surface area (Å²) in [6.45, 7) is 1.35. The van der Waals surface area contributed by atoms with Gasteiger partial charge < -0.3 is 19.1 Å². The topological polar surface area (TPSA) is 202 Å². The maximum atomic E-state index is 13.1. The number of amides is 2. The van der Waals surface area contributed by atoms with Crippen LogP contribution in [0, 0.1) is 0 Å². The normalized spacial score (nSPS) is 23.4. The van der Waals surface area contributed by atoms with Crippen molar-refractivity contribution in [2.24, 2.45) is 0 Å². The second kappa shape index (κ2) is 10.9. The number of tetrazole rings is 1. The largest absolute Gasteiger partial charge is 0.593 e. The van der Waals surface area contributed by atoms with E-state index in [4.69, 9.17) is 4.52 Å². The number of carboxylic acid groups (broad SMARTS) is 1. The van der Waals surface area contributed by atoms with E-state index in [1.54, 1.807) is 0 Å². The molecule has 21 heteroatoms. The quantitative estimate of drug-likeness (QED) is 0.144. The standard InChI is InChI=1S/C15H18F3N6O8PS3/c1-3-32-33(29,30)4-7(35-14-19-21-22-20-14)6-5-34-11-9(10(25)23(11)8(6)12(26)27)24(36(2)31)13(28)15(16,17)18/h7,9,11H,3-5H2,1-2H3,(H,26,27)(H,29,30)(H,19,20,21,22)/t7?,9-,11+,36?/m1/s1. The minimum atomic E-state index is -5.42. The minimum Gasteiger partial charge on any atom is -0.593 e.